The van der Waals surface area contributed by atoms with Gasteiger partial charge in [0.2, 0.25) is 11.8 Å². The van der Waals surface area contributed by atoms with Gasteiger partial charge in [0.25, 0.3) is 0 Å². The minimum Gasteiger partial charge on any atom is -0.329 e. The Balaban J connectivity index is 2.19. The summed E-state index contributed by atoms with van der Waals surface area (Å²) in [4.78, 5) is 28.8. The van der Waals surface area contributed by atoms with Gasteiger partial charge in [-0.2, -0.15) is 0 Å². The van der Waals surface area contributed by atoms with E-state index in [1.807, 2.05) is 16.7 Å². The lowest BCUT2D eigenvalue weighted by atomic mass is 9.97. The van der Waals surface area contributed by atoms with Crippen molar-refractivity contribution in [2.45, 2.75) is 65.0 Å². The molecule has 2 saturated heterocycles. The first-order valence-corrected chi connectivity index (χ1v) is 7.74. The van der Waals surface area contributed by atoms with Gasteiger partial charge in [-0.3, -0.25) is 9.59 Å². The zero-order chi connectivity index (χ0) is 14.0. The summed E-state index contributed by atoms with van der Waals surface area (Å²) < 4.78 is 0. The van der Waals surface area contributed by atoms with Crippen LogP contribution in [0.3, 0.4) is 0 Å². The standard InChI is InChI=1S/C15H26N2O2/c1-4-11(5-2)10-17-12(6-3)14(18)16-9-7-8-13(16)15(17)19/h11-13H,4-10H2,1-3H3. The van der Waals surface area contributed by atoms with Crippen molar-refractivity contribution in [1.82, 2.24) is 9.80 Å². The monoisotopic (exact) mass is 266 g/mol. The van der Waals surface area contributed by atoms with Gasteiger partial charge in [-0.25, -0.2) is 0 Å². The third-order valence-corrected chi connectivity index (χ3v) is 4.76. The van der Waals surface area contributed by atoms with Crippen LogP contribution in [0.2, 0.25) is 0 Å². The Kier molecular flexibility index (Phi) is 4.48. The molecule has 0 saturated carbocycles. The molecule has 0 aliphatic carbocycles. The number of fused-ring (bicyclic) bond motifs is 1. The van der Waals surface area contributed by atoms with Gasteiger partial charge in [-0.15, -0.1) is 0 Å². The molecule has 2 rings (SSSR count). The lowest BCUT2D eigenvalue weighted by molar-refractivity contribution is -0.160. The van der Waals surface area contributed by atoms with Crippen LogP contribution in [-0.2, 0) is 9.59 Å². The van der Waals surface area contributed by atoms with E-state index in [-0.39, 0.29) is 23.9 Å². The topological polar surface area (TPSA) is 40.6 Å². The third kappa shape index (κ3) is 2.49. The van der Waals surface area contributed by atoms with Crippen molar-refractivity contribution in [3.05, 3.63) is 0 Å². The molecule has 4 nitrogen and oxygen atoms in total. The number of amides is 2. The fraction of sp³-hybridized carbons (Fsp3) is 0.867. The molecule has 2 atom stereocenters. The molecule has 2 heterocycles. The smallest absolute Gasteiger partial charge is 0.246 e. The molecule has 0 aromatic heterocycles. The minimum absolute atomic E-state index is 0.162. The van der Waals surface area contributed by atoms with Crippen LogP contribution < -0.4 is 0 Å². The van der Waals surface area contributed by atoms with E-state index < -0.39 is 0 Å². The molecule has 0 spiro atoms. The summed E-state index contributed by atoms with van der Waals surface area (Å²) in [5, 5.41) is 0. The first-order chi connectivity index (χ1) is 9.13. The second-order valence-corrected chi connectivity index (χ2v) is 5.79. The summed E-state index contributed by atoms with van der Waals surface area (Å²) in [7, 11) is 0. The lowest BCUT2D eigenvalue weighted by Crippen LogP contribution is -2.63. The van der Waals surface area contributed by atoms with E-state index in [0.717, 1.165) is 45.2 Å². The summed E-state index contributed by atoms with van der Waals surface area (Å²) in [5.41, 5.74) is 0. The first kappa shape index (κ1) is 14.4. The summed E-state index contributed by atoms with van der Waals surface area (Å²) >= 11 is 0. The fourth-order valence-corrected chi connectivity index (χ4v) is 3.39. The van der Waals surface area contributed by atoms with E-state index in [0.29, 0.717) is 5.92 Å². The molecular formula is C15H26N2O2. The van der Waals surface area contributed by atoms with Crippen molar-refractivity contribution >= 4 is 11.8 Å². The third-order valence-electron chi connectivity index (χ3n) is 4.76. The summed E-state index contributed by atoms with van der Waals surface area (Å²) in [6, 6.07) is -0.382. The Morgan fingerprint density at radius 1 is 1.16 bits per heavy atom. The average Bonchev–Trinajstić information content (AvgIpc) is 2.91. The van der Waals surface area contributed by atoms with Gasteiger partial charge in [0.05, 0.1) is 0 Å². The molecule has 2 aliphatic rings. The van der Waals surface area contributed by atoms with Crippen LogP contribution in [0.25, 0.3) is 0 Å². The van der Waals surface area contributed by atoms with Crippen molar-refractivity contribution < 1.29 is 9.59 Å². The molecule has 0 aromatic rings. The number of rotatable bonds is 5. The van der Waals surface area contributed by atoms with E-state index in [2.05, 4.69) is 13.8 Å². The number of nitrogens with zero attached hydrogens (tertiary/aromatic N) is 2. The Morgan fingerprint density at radius 3 is 2.42 bits per heavy atom. The molecule has 0 bridgehead atoms. The van der Waals surface area contributed by atoms with Crippen molar-refractivity contribution in [2.24, 2.45) is 5.92 Å². The van der Waals surface area contributed by atoms with E-state index in [9.17, 15) is 9.59 Å². The van der Waals surface area contributed by atoms with Gasteiger partial charge in [0.1, 0.15) is 12.1 Å². The van der Waals surface area contributed by atoms with E-state index in [4.69, 9.17) is 0 Å². The Bertz CT molecular complexity index is 352. The maximum absolute atomic E-state index is 12.6. The quantitative estimate of drug-likeness (QED) is 0.764. The van der Waals surface area contributed by atoms with Gasteiger partial charge >= 0.3 is 0 Å². The second kappa shape index (κ2) is 5.93. The highest BCUT2D eigenvalue weighted by molar-refractivity contribution is 5.97. The average molecular weight is 266 g/mol. The molecule has 2 amide bonds. The van der Waals surface area contributed by atoms with Gasteiger partial charge in [0, 0.05) is 13.1 Å². The van der Waals surface area contributed by atoms with E-state index in [1.165, 1.54) is 0 Å². The molecule has 0 aromatic carbocycles. The normalized spacial score (nSPS) is 27.4. The highest BCUT2D eigenvalue weighted by Gasteiger charge is 2.47. The van der Waals surface area contributed by atoms with Crippen LogP contribution in [0.1, 0.15) is 52.9 Å². The van der Waals surface area contributed by atoms with Crippen molar-refractivity contribution in [1.29, 1.82) is 0 Å². The van der Waals surface area contributed by atoms with Gasteiger partial charge in [0.15, 0.2) is 0 Å². The molecule has 108 valence electrons. The lowest BCUT2D eigenvalue weighted by Gasteiger charge is -2.43. The highest BCUT2D eigenvalue weighted by Crippen LogP contribution is 2.29. The maximum Gasteiger partial charge on any atom is 0.246 e. The highest BCUT2D eigenvalue weighted by atomic mass is 16.2. The maximum atomic E-state index is 12.6. The number of carbonyl (C=O) groups is 2. The minimum atomic E-state index is -0.220. The zero-order valence-corrected chi connectivity index (χ0v) is 12.4. The summed E-state index contributed by atoms with van der Waals surface area (Å²) in [6.07, 6.45) is 4.68. The molecule has 0 N–H and O–H groups in total. The number of piperazine rings is 1. The van der Waals surface area contributed by atoms with Gasteiger partial charge in [-0.1, -0.05) is 33.6 Å². The molecule has 0 radical (unpaired) electrons. The van der Waals surface area contributed by atoms with Crippen LogP contribution in [0, 0.1) is 5.92 Å². The first-order valence-electron chi connectivity index (χ1n) is 7.74. The summed E-state index contributed by atoms with van der Waals surface area (Å²) in [5.74, 6) is 0.880. The molecular weight excluding hydrogens is 240 g/mol. The number of carbonyl (C=O) groups excluding carboxylic acids is 2. The van der Waals surface area contributed by atoms with Crippen LogP contribution >= 0.6 is 0 Å². The molecule has 2 unspecified atom stereocenters. The summed E-state index contributed by atoms with van der Waals surface area (Å²) in [6.45, 7) is 7.84. The van der Waals surface area contributed by atoms with Crippen molar-refractivity contribution in [2.75, 3.05) is 13.1 Å². The van der Waals surface area contributed by atoms with Crippen molar-refractivity contribution in [3.8, 4) is 0 Å². The fourth-order valence-electron chi connectivity index (χ4n) is 3.39. The molecule has 19 heavy (non-hydrogen) atoms. The van der Waals surface area contributed by atoms with E-state index >= 15 is 0 Å². The Morgan fingerprint density at radius 2 is 1.84 bits per heavy atom. The van der Waals surface area contributed by atoms with Crippen LogP contribution in [-0.4, -0.2) is 46.8 Å². The molecule has 2 aliphatic heterocycles. The SMILES string of the molecule is CCC(CC)CN1C(=O)C2CCCN2C(=O)C1CC. The van der Waals surface area contributed by atoms with Gasteiger partial charge < -0.3 is 9.80 Å². The van der Waals surface area contributed by atoms with Crippen LogP contribution in [0.5, 0.6) is 0 Å². The second-order valence-electron chi connectivity index (χ2n) is 5.79. The predicted octanol–water partition coefficient (Wildman–Crippen LogP) is 2.03. The van der Waals surface area contributed by atoms with Crippen LogP contribution in [0.4, 0.5) is 0 Å². The predicted molar refractivity (Wildman–Crippen MR) is 74.6 cm³/mol. The van der Waals surface area contributed by atoms with Crippen molar-refractivity contribution in [3.63, 3.8) is 0 Å². The molecule has 2 fully saturated rings. The van der Waals surface area contributed by atoms with Crippen LogP contribution in [0.15, 0.2) is 0 Å². The largest absolute Gasteiger partial charge is 0.329 e. The molecule has 4 heteroatoms. The van der Waals surface area contributed by atoms with Gasteiger partial charge in [-0.05, 0) is 25.2 Å². The zero-order valence-electron chi connectivity index (χ0n) is 12.4. The number of hydrogen-bond acceptors (Lipinski definition) is 2. The Labute approximate surface area is 116 Å². The number of hydrogen-bond donors (Lipinski definition) is 0. The Hall–Kier alpha value is -1.06. The van der Waals surface area contributed by atoms with E-state index in [1.54, 1.807) is 0 Å².